The average molecular weight is 960 g/mol. The number of carboxylic acid groups (broad SMARTS) is 1. The molecule has 2 atom stereocenters. The molecule has 0 unspecified atom stereocenters. The molecule has 0 amide bonds. The van der Waals surface area contributed by atoms with Crippen molar-refractivity contribution < 1.29 is 19.4 Å². The quantitative estimate of drug-likeness (QED) is 0.0727. The van der Waals surface area contributed by atoms with Gasteiger partial charge in [-0.3, -0.25) is 0 Å². The number of rotatable bonds is 17. The van der Waals surface area contributed by atoms with Crippen LogP contribution in [0.1, 0.15) is 153 Å². The van der Waals surface area contributed by atoms with Crippen molar-refractivity contribution in [1.29, 1.82) is 5.26 Å². The Kier molecular flexibility index (Phi) is 19.0. The van der Waals surface area contributed by atoms with E-state index in [0.29, 0.717) is 70.6 Å². The summed E-state index contributed by atoms with van der Waals surface area (Å²) in [5.74, 6) is 29.7. The molecule has 366 valence electrons. The van der Waals surface area contributed by atoms with Crippen LogP contribution < -0.4 is 9.47 Å². The second-order valence-corrected chi connectivity index (χ2v) is 19.9. The third-order valence-corrected chi connectivity index (χ3v) is 13.1. The number of hydrogen-bond donors (Lipinski definition) is 1. The lowest BCUT2D eigenvalue weighted by Gasteiger charge is -2.17. The zero-order valence-electron chi connectivity index (χ0n) is 43.2. The molecule has 0 spiro atoms. The third-order valence-electron chi connectivity index (χ3n) is 13.1. The summed E-state index contributed by atoms with van der Waals surface area (Å²) in [4.78, 5) is 11.5. The van der Waals surface area contributed by atoms with Gasteiger partial charge in [0.05, 0.1) is 35.5 Å². The molecule has 0 bridgehead atoms. The van der Waals surface area contributed by atoms with E-state index in [0.717, 1.165) is 62.2 Å². The van der Waals surface area contributed by atoms with E-state index >= 15 is 0 Å². The Bertz CT molecular complexity index is 3310. The smallest absolute Gasteiger partial charge is 0.335 e. The number of aromatic carboxylic acids is 1. The van der Waals surface area contributed by atoms with Crippen molar-refractivity contribution in [3.8, 4) is 64.9 Å². The first-order valence-corrected chi connectivity index (χ1v) is 25.8. The van der Waals surface area contributed by atoms with Gasteiger partial charge in [0, 0.05) is 45.5 Å². The first-order chi connectivity index (χ1) is 35.4. The van der Waals surface area contributed by atoms with Crippen LogP contribution in [0.4, 0.5) is 0 Å². The number of nitrogens with zero attached hydrogens (tertiary/aromatic N) is 1. The van der Waals surface area contributed by atoms with E-state index in [4.69, 9.17) is 9.47 Å². The Morgan fingerprint density at radius 1 is 0.452 bits per heavy atom. The number of carbonyl (C=O) groups is 1. The summed E-state index contributed by atoms with van der Waals surface area (Å²) in [7, 11) is 0. The van der Waals surface area contributed by atoms with Gasteiger partial charge in [0.25, 0.3) is 0 Å². The molecule has 1 N–H and O–H groups in total. The maximum atomic E-state index is 11.5. The Hall–Kier alpha value is -8.14. The minimum Gasteiger partial charge on any atom is -0.492 e. The molecule has 73 heavy (non-hydrogen) atoms. The summed E-state index contributed by atoms with van der Waals surface area (Å²) < 4.78 is 13.4. The third kappa shape index (κ3) is 15.2. The number of hydrogen-bond acceptors (Lipinski definition) is 4. The van der Waals surface area contributed by atoms with Gasteiger partial charge in [-0.05, 0) is 107 Å². The first kappa shape index (κ1) is 52.7. The number of nitriles is 1. The molecule has 0 aliphatic carbocycles. The van der Waals surface area contributed by atoms with Crippen molar-refractivity contribution in [1.82, 2.24) is 0 Å². The summed E-state index contributed by atoms with van der Waals surface area (Å²) in [5.41, 5.74) is 6.47. The lowest BCUT2D eigenvalue weighted by Crippen LogP contribution is -2.08. The minimum absolute atomic E-state index is 0.163. The number of ether oxygens (including phenoxy) is 2. The molecule has 7 aromatic carbocycles. The monoisotopic (exact) mass is 959 g/mol. The van der Waals surface area contributed by atoms with Gasteiger partial charge in [-0.2, -0.15) is 5.26 Å². The molecule has 5 heteroatoms. The Labute approximate surface area is 434 Å². The fraction of sp³-hybridized carbons (Fsp3) is 0.294. The topological polar surface area (TPSA) is 79.5 Å². The molecular formula is C68H65NO4. The van der Waals surface area contributed by atoms with E-state index in [1.807, 2.05) is 78.9 Å². The molecule has 0 heterocycles. The van der Waals surface area contributed by atoms with Crippen molar-refractivity contribution in [2.24, 2.45) is 23.7 Å². The van der Waals surface area contributed by atoms with Crippen molar-refractivity contribution in [2.75, 3.05) is 13.2 Å². The number of fused-ring (bicyclic) bond motifs is 2. The van der Waals surface area contributed by atoms with Crippen LogP contribution in [0.3, 0.4) is 0 Å². The van der Waals surface area contributed by atoms with Gasteiger partial charge in [0.1, 0.15) is 17.6 Å². The molecule has 0 radical (unpaired) electrons. The molecule has 0 saturated carbocycles. The summed E-state index contributed by atoms with van der Waals surface area (Å²) in [6.45, 7) is 14.9. The Morgan fingerprint density at radius 2 is 0.904 bits per heavy atom. The minimum atomic E-state index is -1.01. The van der Waals surface area contributed by atoms with E-state index in [2.05, 4.69) is 119 Å². The summed E-state index contributed by atoms with van der Waals surface area (Å²) in [5, 5.41) is 23.5. The zero-order valence-corrected chi connectivity index (χ0v) is 43.2. The van der Waals surface area contributed by atoms with Gasteiger partial charge in [-0.25, -0.2) is 4.79 Å². The standard InChI is InChI=1S/C68H65NO4/c1-48(2)17-14-19-50(5)39-41-72-66-46-57(67(73-42-40-51(6)20-15-18-49(3)4)45-56(66)34-31-52-21-8-7-9-22-52)36-38-65-62-27-12-10-25-60(62)64(61-26-11-13-28-63(61)65)37-35-55-33-32-54(44-59(55)47-69)30-29-53-23-16-24-58(43-53)68(70)71/h7-13,16,21-28,32-33,43-46,48-51H,14-15,17-20,39-42H2,1-6H3,(H,70,71)/t50-,51-/m1/s1. The maximum Gasteiger partial charge on any atom is 0.335 e. The molecule has 0 fully saturated rings. The Balaban J connectivity index is 1.27. The highest BCUT2D eigenvalue weighted by Crippen LogP contribution is 2.34. The van der Waals surface area contributed by atoms with Gasteiger partial charge in [0.2, 0.25) is 0 Å². The van der Waals surface area contributed by atoms with E-state index in [-0.39, 0.29) is 5.56 Å². The van der Waals surface area contributed by atoms with Crippen LogP contribution in [0.25, 0.3) is 21.5 Å². The fourth-order valence-corrected chi connectivity index (χ4v) is 8.79. The highest BCUT2D eigenvalue weighted by molar-refractivity contribution is 6.10. The second-order valence-electron chi connectivity index (χ2n) is 19.9. The molecule has 5 nitrogen and oxygen atoms in total. The highest BCUT2D eigenvalue weighted by atomic mass is 16.5. The largest absolute Gasteiger partial charge is 0.492 e. The Morgan fingerprint density at radius 3 is 1.40 bits per heavy atom. The van der Waals surface area contributed by atoms with Crippen LogP contribution in [0.2, 0.25) is 0 Å². The van der Waals surface area contributed by atoms with Crippen LogP contribution in [-0.2, 0) is 0 Å². The van der Waals surface area contributed by atoms with E-state index in [1.54, 1.807) is 18.2 Å². The van der Waals surface area contributed by atoms with Gasteiger partial charge < -0.3 is 14.6 Å². The SMILES string of the molecule is CC(C)CCC[C@@H](C)CCOc1cc(C#Cc2c3ccccc3c(C#Cc3ccc(C#Cc4cccc(C(=O)O)c4)cc3C#N)c3ccccc23)c(OCC[C@H](C)CCCC(C)C)cc1C#Cc1ccccc1. The number of benzene rings is 7. The van der Waals surface area contributed by atoms with E-state index in [1.165, 1.54) is 50.7 Å². The predicted molar refractivity (Wildman–Crippen MR) is 299 cm³/mol. The number of carboxylic acids is 1. The summed E-state index contributed by atoms with van der Waals surface area (Å²) in [6.07, 6.45) is 9.10. The second kappa shape index (κ2) is 26.3. The van der Waals surface area contributed by atoms with Crippen molar-refractivity contribution >= 4 is 27.5 Å². The predicted octanol–water partition coefficient (Wildman–Crippen LogP) is 15.6. The lowest BCUT2D eigenvalue weighted by atomic mass is 9.91. The molecule has 7 rings (SSSR count). The van der Waals surface area contributed by atoms with E-state index < -0.39 is 5.97 Å². The average Bonchev–Trinajstić information content (AvgIpc) is 3.39. The van der Waals surface area contributed by atoms with Gasteiger partial charge in [0.15, 0.2) is 0 Å². The maximum absolute atomic E-state index is 11.5. The summed E-state index contributed by atoms with van der Waals surface area (Å²) >= 11 is 0. The van der Waals surface area contributed by atoms with Crippen LogP contribution in [0.15, 0.2) is 133 Å². The van der Waals surface area contributed by atoms with Crippen LogP contribution in [-0.4, -0.2) is 24.3 Å². The molecule has 7 aromatic rings. The van der Waals surface area contributed by atoms with Gasteiger partial charge >= 0.3 is 5.97 Å². The fourth-order valence-electron chi connectivity index (χ4n) is 8.79. The molecule has 0 aromatic heterocycles. The van der Waals surface area contributed by atoms with Crippen molar-refractivity contribution in [3.05, 3.63) is 189 Å². The molecule has 0 saturated heterocycles. The summed E-state index contributed by atoms with van der Waals surface area (Å²) in [6, 6.07) is 44.6. The molecular weight excluding hydrogens is 895 g/mol. The molecule has 0 aliphatic rings. The van der Waals surface area contributed by atoms with Gasteiger partial charge in [-0.15, -0.1) is 0 Å². The highest BCUT2D eigenvalue weighted by Gasteiger charge is 2.16. The van der Waals surface area contributed by atoms with Crippen molar-refractivity contribution in [3.63, 3.8) is 0 Å². The normalized spacial score (nSPS) is 11.5. The van der Waals surface area contributed by atoms with Gasteiger partial charge in [-0.1, -0.05) is 200 Å². The van der Waals surface area contributed by atoms with E-state index in [9.17, 15) is 15.2 Å². The van der Waals surface area contributed by atoms with Crippen LogP contribution in [0, 0.1) is 82.4 Å². The molecule has 0 aliphatic heterocycles. The van der Waals surface area contributed by atoms with Crippen LogP contribution in [0.5, 0.6) is 11.5 Å². The van der Waals surface area contributed by atoms with Crippen molar-refractivity contribution in [2.45, 2.75) is 92.9 Å². The zero-order chi connectivity index (χ0) is 51.5. The lowest BCUT2D eigenvalue weighted by molar-refractivity contribution is 0.0696. The van der Waals surface area contributed by atoms with Crippen LogP contribution >= 0.6 is 0 Å². The first-order valence-electron chi connectivity index (χ1n) is 25.8.